The lowest BCUT2D eigenvalue weighted by Crippen LogP contribution is -2.17. The van der Waals surface area contributed by atoms with Gasteiger partial charge in [-0.1, -0.05) is 11.2 Å². The molecule has 7 heteroatoms. The van der Waals surface area contributed by atoms with E-state index in [1.807, 2.05) is 24.4 Å². The van der Waals surface area contributed by atoms with Gasteiger partial charge in [-0.15, -0.1) is 11.3 Å². The molecule has 0 aliphatic rings. The third kappa shape index (κ3) is 3.08. The van der Waals surface area contributed by atoms with Gasteiger partial charge >= 0.3 is 0 Å². The second-order valence-electron chi connectivity index (χ2n) is 4.41. The Kier molecular flexibility index (Phi) is 3.94. The van der Waals surface area contributed by atoms with Crippen molar-refractivity contribution < 1.29 is 13.7 Å². The molecule has 0 radical (unpaired) electrons. The van der Waals surface area contributed by atoms with Gasteiger partial charge in [-0.3, -0.25) is 10.1 Å². The quantitative estimate of drug-likeness (QED) is 0.737. The third-order valence-corrected chi connectivity index (χ3v) is 4.43. The molecule has 1 N–H and O–H groups in total. The van der Waals surface area contributed by atoms with Crippen LogP contribution in [0.1, 0.15) is 17.7 Å². The van der Waals surface area contributed by atoms with Crippen LogP contribution in [-0.4, -0.2) is 11.1 Å². The highest BCUT2D eigenvalue weighted by Crippen LogP contribution is 2.27. The fourth-order valence-corrected chi connectivity index (χ4v) is 2.89. The van der Waals surface area contributed by atoms with E-state index in [0.717, 1.165) is 4.88 Å². The summed E-state index contributed by atoms with van der Waals surface area (Å²) in [6.45, 7) is 1.85. The molecule has 5 nitrogen and oxygen atoms in total. The van der Waals surface area contributed by atoms with E-state index in [-0.39, 0.29) is 11.8 Å². The molecule has 0 saturated carbocycles. The first-order chi connectivity index (χ1) is 10.1. The lowest BCUT2D eigenvalue weighted by atomic mass is 10.1. The lowest BCUT2D eigenvalue weighted by molar-refractivity contribution is -0.117. The van der Waals surface area contributed by atoms with Crippen LogP contribution >= 0.6 is 27.3 Å². The molecule has 3 rings (SSSR count). The molecule has 0 fully saturated rings. The van der Waals surface area contributed by atoms with E-state index in [2.05, 4.69) is 26.4 Å². The average molecular weight is 367 g/mol. The summed E-state index contributed by atoms with van der Waals surface area (Å²) in [7, 11) is 0. The van der Waals surface area contributed by atoms with Crippen molar-refractivity contribution in [3.05, 3.63) is 45.3 Å². The van der Waals surface area contributed by atoms with Crippen molar-refractivity contribution in [1.29, 1.82) is 0 Å². The highest BCUT2D eigenvalue weighted by atomic mass is 79.9. The van der Waals surface area contributed by atoms with Crippen molar-refractivity contribution in [2.75, 3.05) is 5.32 Å². The van der Waals surface area contributed by atoms with Gasteiger partial charge in [0, 0.05) is 10.9 Å². The molecule has 21 heavy (non-hydrogen) atoms. The number of rotatable bonds is 4. The zero-order chi connectivity index (χ0) is 14.8. The first kappa shape index (κ1) is 14.1. The number of furan rings is 1. The highest BCUT2D eigenvalue weighted by Gasteiger charge is 2.18. The number of carbonyl (C=O) groups excluding carboxylic acids is 1. The van der Waals surface area contributed by atoms with Gasteiger partial charge in [-0.2, -0.15) is 0 Å². The fourth-order valence-electron chi connectivity index (χ4n) is 1.80. The molecule has 1 atom stereocenters. The second-order valence-corrected chi connectivity index (χ2v) is 6.17. The van der Waals surface area contributed by atoms with Crippen LogP contribution < -0.4 is 5.32 Å². The number of hydrogen-bond acceptors (Lipinski definition) is 5. The van der Waals surface area contributed by atoms with Crippen LogP contribution in [-0.2, 0) is 4.79 Å². The van der Waals surface area contributed by atoms with Gasteiger partial charge in [-0.25, -0.2) is 0 Å². The summed E-state index contributed by atoms with van der Waals surface area (Å²) in [5, 5.41) is 8.53. The maximum absolute atomic E-state index is 12.1. The van der Waals surface area contributed by atoms with Gasteiger partial charge in [0.05, 0.1) is 5.92 Å². The van der Waals surface area contributed by atoms with Crippen LogP contribution in [0.2, 0.25) is 0 Å². The molecular formula is C14H11BrN2O3S. The first-order valence-electron chi connectivity index (χ1n) is 6.20. The Labute approximate surface area is 133 Å². The monoisotopic (exact) mass is 366 g/mol. The van der Waals surface area contributed by atoms with Crippen molar-refractivity contribution in [2.24, 2.45) is 0 Å². The highest BCUT2D eigenvalue weighted by molar-refractivity contribution is 9.10. The predicted molar refractivity (Wildman–Crippen MR) is 83.3 cm³/mol. The van der Waals surface area contributed by atoms with E-state index in [0.29, 0.717) is 22.0 Å². The minimum absolute atomic E-state index is 0.138. The van der Waals surface area contributed by atoms with E-state index in [1.54, 1.807) is 29.5 Å². The van der Waals surface area contributed by atoms with Crippen LogP contribution in [0.5, 0.6) is 0 Å². The van der Waals surface area contributed by atoms with Crippen LogP contribution in [0.4, 0.5) is 5.88 Å². The Morgan fingerprint density at radius 2 is 2.29 bits per heavy atom. The Balaban J connectivity index is 1.71. The zero-order valence-electron chi connectivity index (χ0n) is 11.0. The molecule has 0 spiro atoms. The zero-order valence-corrected chi connectivity index (χ0v) is 13.4. The number of anilines is 1. The number of nitrogens with zero attached hydrogens (tertiary/aromatic N) is 1. The molecule has 0 aliphatic heterocycles. The molecule has 0 unspecified atom stereocenters. The van der Waals surface area contributed by atoms with Gasteiger partial charge < -0.3 is 8.94 Å². The third-order valence-electron chi connectivity index (χ3n) is 2.95. The summed E-state index contributed by atoms with van der Waals surface area (Å²) in [6, 6.07) is 9.01. The molecule has 0 aromatic carbocycles. The Hall–Kier alpha value is -1.86. The van der Waals surface area contributed by atoms with Gasteiger partial charge in [0.15, 0.2) is 16.1 Å². The van der Waals surface area contributed by atoms with Crippen molar-refractivity contribution in [3.8, 4) is 11.5 Å². The van der Waals surface area contributed by atoms with Crippen molar-refractivity contribution >= 4 is 39.1 Å². The molecule has 3 aromatic heterocycles. The molecule has 0 aliphatic carbocycles. The van der Waals surface area contributed by atoms with E-state index in [9.17, 15) is 4.79 Å². The number of amides is 1. The van der Waals surface area contributed by atoms with Gasteiger partial charge in [-0.05, 0) is 46.4 Å². The molecule has 0 bridgehead atoms. The number of hydrogen-bond donors (Lipinski definition) is 1. The number of thiophene rings is 1. The smallest absolute Gasteiger partial charge is 0.234 e. The minimum Gasteiger partial charge on any atom is -0.448 e. The number of carbonyl (C=O) groups is 1. The topological polar surface area (TPSA) is 68.3 Å². The summed E-state index contributed by atoms with van der Waals surface area (Å²) < 4.78 is 11.1. The Morgan fingerprint density at radius 3 is 2.95 bits per heavy atom. The summed E-state index contributed by atoms with van der Waals surface area (Å²) in [6.07, 6.45) is 0. The van der Waals surface area contributed by atoms with Crippen molar-refractivity contribution in [3.63, 3.8) is 0 Å². The van der Waals surface area contributed by atoms with Crippen molar-refractivity contribution in [1.82, 2.24) is 5.16 Å². The van der Waals surface area contributed by atoms with E-state index in [1.165, 1.54) is 0 Å². The standard InChI is InChI=1S/C14H11BrN2O3S/c1-8(11-3-2-6-21-11)14(18)16-13-7-9(17-20-13)10-4-5-12(15)19-10/h2-8H,1H3,(H,16,18)/t8-/m1/s1. The summed E-state index contributed by atoms with van der Waals surface area (Å²) in [5.74, 6) is 0.487. The normalized spacial score (nSPS) is 12.3. The molecule has 108 valence electrons. The SMILES string of the molecule is C[C@@H](C(=O)Nc1cc(-c2ccc(Br)o2)no1)c1cccs1. The number of aromatic nitrogens is 1. The Bertz CT molecular complexity index is 748. The average Bonchev–Trinajstić information content (AvgIpc) is 3.17. The van der Waals surface area contributed by atoms with Crippen LogP contribution in [0, 0.1) is 0 Å². The van der Waals surface area contributed by atoms with E-state index in [4.69, 9.17) is 8.94 Å². The van der Waals surface area contributed by atoms with E-state index < -0.39 is 0 Å². The summed E-state index contributed by atoms with van der Waals surface area (Å²) in [4.78, 5) is 13.1. The molecule has 3 aromatic rings. The van der Waals surface area contributed by atoms with E-state index >= 15 is 0 Å². The molecule has 0 saturated heterocycles. The maximum atomic E-state index is 12.1. The first-order valence-corrected chi connectivity index (χ1v) is 7.87. The number of halogens is 1. The predicted octanol–water partition coefficient (Wildman–Crippen LogP) is 4.50. The minimum atomic E-state index is -0.240. The maximum Gasteiger partial charge on any atom is 0.234 e. The van der Waals surface area contributed by atoms with Crippen LogP contribution in [0.3, 0.4) is 0 Å². The fraction of sp³-hybridized carbons (Fsp3) is 0.143. The van der Waals surface area contributed by atoms with Gasteiger partial charge in [0.2, 0.25) is 11.8 Å². The Morgan fingerprint density at radius 1 is 1.43 bits per heavy atom. The molecule has 1 amide bonds. The summed E-state index contributed by atoms with van der Waals surface area (Å²) in [5.41, 5.74) is 0.528. The largest absolute Gasteiger partial charge is 0.448 e. The van der Waals surface area contributed by atoms with Crippen LogP contribution in [0.15, 0.2) is 49.3 Å². The van der Waals surface area contributed by atoms with Crippen molar-refractivity contribution in [2.45, 2.75) is 12.8 Å². The number of nitrogens with one attached hydrogen (secondary N) is 1. The lowest BCUT2D eigenvalue weighted by Gasteiger charge is -2.07. The molecule has 3 heterocycles. The van der Waals surface area contributed by atoms with Gasteiger partial charge in [0.1, 0.15) is 0 Å². The molecular weight excluding hydrogens is 356 g/mol. The van der Waals surface area contributed by atoms with Crippen LogP contribution in [0.25, 0.3) is 11.5 Å². The second kappa shape index (κ2) is 5.87. The summed E-state index contributed by atoms with van der Waals surface area (Å²) >= 11 is 4.77. The van der Waals surface area contributed by atoms with Gasteiger partial charge in [0.25, 0.3) is 0 Å².